The quantitative estimate of drug-likeness (QED) is 0.149. The van der Waals surface area contributed by atoms with Gasteiger partial charge in [-0.15, -0.1) is 0 Å². The van der Waals surface area contributed by atoms with Crippen molar-refractivity contribution in [2.75, 3.05) is 46.6 Å². The Hall–Kier alpha value is -6.49. The fraction of sp³-hybridized carbons (Fsp3) is 0.175. The van der Waals surface area contributed by atoms with Crippen LogP contribution in [0, 0.1) is 0 Å². The number of hydrogen-bond donors (Lipinski definition) is 2. The summed E-state index contributed by atoms with van der Waals surface area (Å²) in [5, 5.41) is 6.30. The van der Waals surface area contributed by atoms with Crippen LogP contribution < -0.4 is 20.4 Å². The molecule has 0 saturated carbocycles. The second-order valence-electron chi connectivity index (χ2n) is 12.4. The van der Waals surface area contributed by atoms with Crippen molar-refractivity contribution in [3.63, 3.8) is 0 Å². The molecule has 11 nitrogen and oxygen atoms in total. The number of benzene rings is 4. The lowest BCUT2D eigenvalue weighted by Gasteiger charge is -2.35. The van der Waals surface area contributed by atoms with Crippen molar-refractivity contribution in [3.8, 4) is 5.69 Å². The van der Waals surface area contributed by atoms with Gasteiger partial charge in [-0.2, -0.15) is 9.97 Å². The van der Waals surface area contributed by atoms with E-state index in [0.29, 0.717) is 54.8 Å². The number of anilines is 5. The van der Waals surface area contributed by atoms with E-state index in [1.165, 1.54) is 6.08 Å². The Balaban J connectivity index is 1.27. The molecule has 4 aromatic carbocycles. The molecule has 7 rings (SSSR count). The molecule has 0 atom stereocenters. The van der Waals surface area contributed by atoms with Crippen molar-refractivity contribution in [2.24, 2.45) is 0 Å². The van der Waals surface area contributed by atoms with Gasteiger partial charge in [0.2, 0.25) is 17.8 Å². The fourth-order valence-electron chi connectivity index (χ4n) is 6.25. The normalized spacial score (nSPS) is 12.8. The molecule has 0 aliphatic carbocycles. The number of carbonyl (C=O) groups excluding carboxylic acids is 2. The van der Waals surface area contributed by atoms with Crippen molar-refractivity contribution in [1.29, 1.82) is 0 Å². The van der Waals surface area contributed by atoms with E-state index in [2.05, 4.69) is 63.4 Å². The number of amides is 2. The molecule has 11 heteroatoms. The Morgan fingerprint density at radius 3 is 2.08 bits per heavy atom. The summed E-state index contributed by atoms with van der Waals surface area (Å²) in [7, 11) is 0. The van der Waals surface area contributed by atoms with Crippen LogP contribution in [0.3, 0.4) is 0 Å². The first-order chi connectivity index (χ1) is 24.9. The smallest absolute Gasteiger partial charge is 0.247 e. The van der Waals surface area contributed by atoms with Gasteiger partial charge in [0.25, 0.3) is 0 Å². The number of nitrogens with zero attached hydrogens (tertiary/aromatic N) is 7. The van der Waals surface area contributed by atoms with Gasteiger partial charge >= 0.3 is 0 Å². The number of aromatic nitrogens is 4. The summed E-state index contributed by atoms with van der Waals surface area (Å²) in [6.07, 6.45) is 2.98. The first-order valence-corrected chi connectivity index (χ1v) is 16.9. The molecule has 1 aliphatic heterocycles. The molecule has 51 heavy (non-hydrogen) atoms. The minimum atomic E-state index is -0.291. The lowest BCUT2D eigenvalue weighted by atomic mass is 10.1. The highest BCUT2D eigenvalue weighted by atomic mass is 16.2. The third-order valence-corrected chi connectivity index (χ3v) is 8.90. The molecule has 2 amide bonds. The van der Waals surface area contributed by atoms with Crippen LogP contribution in [0.2, 0.25) is 0 Å². The molecular formula is C40H39N9O2. The molecule has 256 valence electrons. The first-order valence-electron chi connectivity index (χ1n) is 16.9. The fourth-order valence-corrected chi connectivity index (χ4v) is 6.25. The van der Waals surface area contributed by atoms with Gasteiger partial charge in [-0.1, -0.05) is 73.3 Å². The van der Waals surface area contributed by atoms with Crippen LogP contribution in [0.1, 0.15) is 18.1 Å². The second kappa shape index (κ2) is 15.0. The third kappa shape index (κ3) is 7.73. The van der Waals surface area contributed by atoms with Crippen molar-refractivity contribution >= 4 is 51.8 Å². The van der Waals surface area contributed by atoms with E-state index in [0.717, 1.165) is 41.3 Å². The molecule has 0 unspecified atom stereocenters. The van der Waals surface area contributed by atoms with Crippen LogP contribution in [0.5, 0.6) is 0 Å². The minimum Gasteiger partial charge on any atom is -0.368 e. The number of hydrogen-bond acceptors (Lipinski definition) is 8. The first kappa shape index (κ1) is 33.0. The largest absolute Gasteiger partial charge is 0.368 e. The average Bonchev–Trinajstić information content (AvgIpc) is 3.59. The molecule has 0 bridgehead atoms. The Kier molecular flexibility index (Phi) is 9.68. The molecule has 2 aromatic heterocycles. The number of fused-ring (bicyclic) bond motifs is 1. The van der Waals surface area contributed by atoms with E-state index in [-0.39, 0.29) is 11.8 Å². The lowest BCUT2D eigenvalue weighted by molar-refractivity contribution is -0.129. The van der Waals surface area contributed by atoms with E-state index in [9.17, 15) is 9.59 Å². The molecule has 0 spiro atoms. The standard InChI is InChI=1S/C40H39N9O2/c1-3-36(51)42-33-15-10-16-35(25-33)49-28-41-37-38(48(26-30-11-6-4-7-12-30)27-31-13-8-5-9-14-31)44-40(45-39(37)49)43-32-17-19-34(20-18-32)47-23-21-46(22-24-47)29(2)50/h3-20,25,28H,1,21-24,26-27H2,2H3,(H,42,51)(H,43,44,45). The Bertz CT molecular complexity index is 2100. The maximum Gasteiger partial charge on any atom is 0.247 e. The second-order valence-corrected chi connectivity index (χ2v) is 12.4. The number of imidazole rings is 1. The number of carbonyl (C=O) groups is 2. The zero-order valence-corrected chi connectivity index (χ0v) is 28.4. The maximum atomic E-state index is 12.1. The van der Waals surface area contributed by atoms with E-state index >= 15 is 0 Å². The maximum absolute atomic E-state index is 12.1. The summed E-state index contributed by atoms with van der Waals surface area (Å²) < 4.78 is 1.91. The molecule has 3 heterocycles. The van der Waals surface area contributed by atoms with E-state index in [1.54, 1.807) is 13.3 Å². The SMILES string of the molecule is C=CC(=O)Nc1cccc(-n2cnc3c(N(Cc4ccccc4)Cc4ccccc4)nc(Nc4ccc(N5CCN(C(C)=O)CC5)cc4)nc32)c1. The van der Waals surface area contributed by atoms with Crippen LogP contribution in [0.25, 0.3) is 16.9 Å². The number of rotatable bonds is 11. The zero-order valence-electron chi connectivity index (χ0n) is 28.4. The van der Waals surface area contributed by atoms with Gasteiger partial charge in [-0.25, -0.2) is 4.98 Å². The molecule has 1 aliphatic rings. The Labute approximate surface area is 296 Å². The monoisotopic (exact) mass is 677 g/mol. The van der Waals surface area contributed by atoms with Crippen molar-refractivity contribution in [1.82, 2.24) is 24.4 Å². The molecular weight excluding hydrogens is 639 g/mol. The van der Waals surface area contributed by atoms with Crippen molar-refractivity contribution in [2.45, 2.75) is 20.0 Å². The average molecular weight is 678 g/mol. The summed E-state index contributed by atoms with van der Waals surface area (Å²) in [6, 6.07) is 36.3. The van der Waals surface area contributed by atoms with Crippen LogP contribution >= 0.6 is 0 Å². The Morgan fingerprint density at radius 1 is 0.784 bits per heavy atom. The summed E-state index contributed by atoms with van der Waals surface area (Å²) in [6.45, 7) is 9.39. The van der Waals surface area contributed by atoms with E-state index in [1.807, 2.05) is 82.3 Å². The predicted octanol–water partition coefficient (Wildman–Crippen LogP) is 6.56. The summed E-state index contributed by atoms with van der Waals surface area (Å²) in [5.41, 5.74) is 6.88. The van der Waals surface area contributed by atoms with Crippen LogP contribution in [0.4, 0.5) is 28.8 Å². The highest BCUT2D eigenvalue weighted by Gasteiger charge is 2.22. The van der Waals surface area contributed by atoms with Crippen molar-refractivity contribution in [3.05, 3.63) is 139 Å². The van der Waals surface area contributed by atoms with Gasteiger partial charge < -0.3 is 25.3 Å². The van der Waals surface area contributed by atoms with Crippen LogP contribution in [-0.4, -0.2) is 62.4 Å². The molecule has 1 fully saturated rings. The van der Waals surface area contributed by atoms with Gasteiger partial charge in [-0.05, 0) is 59.7 Å². The summed E-state index contributed by atoms with van der Waals surface area (Å²) >= 11 is 0. The van der Waals surface area contributed by atoms with Gasteiger partial charge in [-0.3, -0.25) is 14.2 Å². The van der Waals surface area contributed by atoms with Crippen LogP contribution in [-0.2, 0) is 22.7 Å². The minimum absolute atomic E-state index is 0.116. The van der Waals surface area contributed by atoms with Gasteiger partial charge in [0.05, 0.1) is 5.69 Å². The molecule has 6 aromatic rings. The topological polar surface area (TPSA) is 112 Å². The molecule has 0 radical (unpaired) electrons. The highest BCUT2D eigenvalue weighted by molar-refractivity contribution is 5.99. The molecule has 1 saturated heterocycles. The van der Waals surface area contributed by atoms with Gasteiger partial charge in [0.1, 0.15) is 6.33 Å². The zero-order chi connectivity index (χ0) is 35.2. The lowest BCUT2D eigenvalue weighted by Crippen LogP contribution is -2.48. The van der Waals surface area contributed by atoms with Crippen LogP contribution in [0.15, 0.2) is 128 Å². The van der Waals surface area contributed by atoms with Gasteiger partial charge in [0.15, 0.2) is 17.0 Å². The Morgan fingerprint density at radius 2 is 1.45 bits per heavy atom. The number of nitrogens with one attached hydrogen (secondary N) is 2. The van der Waals surface area contributed by atoms with Gasteiger partial charge in [0, 0.05) is 63.3 Å². The third-order valence-electron chi connectivity index (χ3n) is 8.90. The van der Waals surface area contributed by atoms with E-state index < -0.39 is 0 Å². The number of piperazine rings is 1. The highest BCUT2D eigenvalue weighted by Crippen LogP contribution is 2.31. The summed E-state index contributed by atoms with van der Waals surface area (Å²) in [4.78, 5) is 45.3. The van der Waals surface area contributed by atoms with Crippen molar-refractivity contribution < 1.29 is 9.59 Å². The predicted molar refractivity (Wildman–Crippen MR) is 202 cm³/mol. The van der Waals surface area contributed by atoms with E-state index in [4.69, 9.17) is 15.0 Å². The molecule has 2 N–H and O–H groups in total. The summed E-state index contributed by atoms with van der Waals surface area (Å²) in [5.74, 6) is 0.931.